The lowest BCUT2D eigenvalue weighted by Gasteiger charge is -2.20. The molecule has 2 fully saturated rings. The van der Waals surface area contributed by atoms with Crippen LogP contribution in [0.15, 0.2) is 24.3 Å². The normalized spacial score (nSPS) is 19.5. The van der Waals surface area contributed by atoms with Gasteiger partial charge in [0, 0.05) is 25.9 Å². The van der Waals surface area contributed by atoms with Crippen molar-refractivity contribution in [3.8, 4) is 0 Å². The van der Waals surface area contributed by atoms with E-state index in [1.807, 2.05) is 19.1 Å². The van der Waals surface area contributed by atoms with Crippen molar-refractivity contribution in [1.29, 1.82) is 0 Å². The highest BCUT2D eigenvalue weighted by Gasteiger charge is 2.42. The molecule has 4 N–H and O–H groups in total. The Balaban J connectivity index is 1.77. The number of nitrogens with two attached hydrogens (primary N) is 2. The molecule has 0 aromatic heterocycles. The van der Waals surface area contributed by atoms with Crippen molar-refractivity contribution in [1.82, 2.24) is 9.80 Å². The third kappa shape index (κ3) is 14.8. The van der Waals surface area contributed by atoms with E-state index in [0.29, 0.717) is 19.5 Å². The van der Waals surface area contributed by atoms with Gasteiger partial charge in [-0.05, 0) is 58.0 Å². The van der Waals surface area contributed by atoms with Crippen LogP contribution >= 0.6 is 0 Å². The Hall–Kier alpha value is -2.32. The van der Waals surface area contributed by atoms with Crippen LogP contribution in [0.5, 0.6) is 0 Å². The molecule has 3 atom stereocenters. The predicted octanol–water partition coefficient (Wildman–Crippen LogP) is 6.81. The van der Waals surface area contributed by atoms with Gasteiger partial charge in [-0.2, -0.15) is 0 Å². The van der Waals surface area contributed by atoms with Crippen molar-refractivity contribution in [2.75, 3.05) is 26.2 Å². The fraction of sp³-hybridized carbons (Fsp3) is 0.784. The van der Waals surface area contributed by atoms with Gasteiger partial charge in [0.15, 0.2) is 0 Å². The summed E-state index contributed by atoms with van der Waals surface area (Å²) in [6.45, 7) is 8.48. The van der Waals surface area contributed by atoms with Crippen molar-refractivity contribution in [2.45, 2.75) is 142 Å². The van der Waals surface area contributed by atoms with Crippen LogP contribution in [0.3, 0.4) is 0 Å². The molecule has 0 aromatic carbocycles. The van der Waals surface area contributed by atoms with E-state index in [-0.39, 0.29) is 42.4 Å². The van der Waals surface area contributed by atoms with Gasteiger partial charge < -0.3 is 11.5 Å². The number of unbranched alkanes of at least 4 members (excludes halogenated alkanes) is 16. The molecule has 2 saturated heterocycles. The van der Waals surface area contributed by atoms with E-state index in [9.17, 15) is 19.2 Å². The second-order valence-corrected chi connectivity index (χ2v) is 13.5. The third-order valence-corrected chi connectivity index (χ3v) is 9.42. The number of likely N-dealkylation sites (tertiary alicyclic amines) is 2. The van der Waals surface area contributed by atoms with Gasteiger partial charge in [0.2, 0.25) is 23.6 Å². The largest absolute Gasteiger partial charge is 0.330 e. The van der Waals surface area contributed by atoms with E-state index in [1.165, 1.54) is 74.0 Å². The number of allylic oxidation sites excluding steroid dienone is 2. The zero-order chi connectivity index (χ0) is 32.9. The Morgan fingerprint density at radius 3 is 1.51 bits per heavy atom. The van der Waals surface area contributed by atoms with Crippen LogP contribution in [0.1, 0.15) is 142 Å². The minimum atomic E-state index is -0.498. The zero-order valence-corrected chi connectivity index (χ0v) is 28.5. The van der Waals surface area contributed by atoms with Crippen molar-refractivity contribution in [3.63, 3.8) is 0 Å². The van der Waals surface area contributed by atoms with E-state index in [1.54, 1.807) is 0 Å². The van der Waals surface area contributed by atoms with Crippen molar-refractivity contribution in [3.05, 3.63) is 24.3 Å². The average molecular weight is 629 g/mol. The summed E-state index contributed by atoms with van der Waals surface area (Å²) >= 11 is 0. The maximum absolute atomic E-state index is 13.4. The van der Waals surface area contributed by atoms with Crippen LogP contribution in [0.25, 0.3) is 0 Å². The van der Waals surface area contributed by atoms with E-state index in [0.717, 1.165) is 70.0 Å². The maximum Gasteiger partial charge on any atom is 0.236 e. The predicted molar refractivity (Wildman–Crippen MR) is 183 cm³/mol. The number of nitrogens with zero attached hydrogens (tertiary/aromatic N) is 2. The van der Waals surface area contributed by atoms with Crippen LogP contribution in [0.2, 0.25) is 0 Å². The van der Waals surface area contributed by atoms with Gasteiger partial charge in [0.05, 0.1) is 11.8 Å². The van der Waals surface area contributed by atoms with Crippen LogP contribution in [-0.4, -0.2) is 59.6 Å². The molecular formula is C37H64N4O4. The Morgan fingerprint density at radius 2 is 1.07 bits per heavy atom. The number of amides is 4. The number of hydrogen-bond donors (Lipinski definition) is 2. The second kappa shape index (κ2) is 23.1. The Labute approximate surface area is 273 Å². The monoisotopic (exact) mass is 628 g/mol. The number of carbonyl (C=O) groups is 4. The second-order valence-electron chi connectivity index (χ2n) is 13.5. The fourth-order valence-electron chi connectivity index (χ4n) is 6.70. The lowest BCUT2D eigenvalue weighted by molar-refractivity contribution is -0.141. The molecule has 3 unspecified atom stereocenters. The van der Waals surface area contributed by atoms with Crippen LogP contribution in [0.4, 0.5) is 0 Å². The topological polar surface area (TPSA) is 127 Å². The molecule has 0 radical (unpaired) electrons. The Bertz CT molecular complexity index is 949. The highest BCUT2D eigenvalue weighted by atomic mass is 16.2. The summed E-state index contributed by atoms with van der Waals surface area (Å²) in [5, 5.41) is 0. The molecule has 8 heteroatoms. The zero-order valence-electron chi connectivity index (χ0n) is 28.5. The highest BCUT2D eigenvalue weighted by Crippen LogP contribution is 2.33. The van der Waals surface area contributed by atoms with Gasteiger partial charge in [0.1, 0.15) is 0 Å². The Kier molecular flexibility index (Phi) is 19.9. The molecule has 2 heterocycles. The highest BCUT2D eigenvalue weighted by molar-refractivity contribution is 6.05. The molecule has 2 aliphatic heterocycles. The number of imide groups is 2. The summed E-state index contributed by atoms with van der Waals surface area (Å²) in [6, 6.07) is 0. The summed E-state index contributed by atoms with van der Waals surface area (Å²) < 4.78 is 0. The molecule has 2 aliphatic rings. The van der Waals surface area contributed by atoms with Gasteiger partial charge in [-0.1, -0.05) is 108 Å². The molecule has 2 rings (SSSR count). The molecule has 0 saturated carbocycles. The van der Waals surface area contributed by atoms with E-state index in [2.05, 4.69) is 6.58 Å². The first-order valence-corrected chi connectivity index (χ1v) is 18.2. The average Bonchev–Trinajstić information content (AvgIpc) is 3.45. The minimum absolute atomic E-state index is 0.102. The summed E-state index contributed by atoms with van der Waals surface area (Å²) in [7, 11) is 0. The number of hydrogen-bond acceptors (Lipinski definition) is 6. The van der Waals surface area contributed by atoms with E-state index in [4.69, 9.17) is 11.5 Å². The lowest BCUT2D eigenvalue weighted by Crippen LogP contribution is -2.33. The van der Waals surface area contributed by atoms with Gasteiger partial charge in [0.25, 0.3) is 0 Å². The smallest absolute Gasteiger partial charge is 0.236 e. The molecule has 0 bridgehead atoms. The van der Waals surface area contributed by atoms with Gasteiger partial charge in [-0.25, -0.2) is 0 Å². The van der Waals surface area contributed by atoms with Crippen LogP contribution in [0, 0.1) is 17.8 Å². The van der Waals surface area contributed by atoms with E-state index < -0.39 is 11.8 Å². The third-order valence-electron chi connectivity index (χ3n) is 9.42. The standard InChI is InChI=1S/C37H64N4O4/c1-30(2)27-31(33-29-35(43)41(37(33)45)26-20-16-12-8-4-6-10-14-18-24-39)21-22-32-28-34(42)40(36(32)44)25-19-15-11-7-3-5-9-13-17-23-38/h21-22,31-33H,1,3-20,23-29,38-39H2,2H3. The first-order chi connectivity index (χ1) is 21.8. The number of rotatable bonds is 27. The summed E-state index contributed by atoms with van der Waals surface area (Å²) in [6.07, 6.45) is 25.1. The van der Waals surface area contributed by atoms with Crippen molar-refractivity contribution < 1.29 is 19.2 Å². The summed E-state index contributed by atoms with van der Waals surface area (Å²) in [5.41, 5.74) is 12.0. The minimum Gasteiger partial charge on any atom is -0.330 e. The Morgan fingerprint density at radius 1 is 0.667 bits per heavy atom. The number of carbonyl (C=O) groups excluding carboxylic acids is 4. The molecular weight excluding hydrogens is 564 g/mol. The molecule has 8 nitrogen and oxygen atoms in total. The molecule has 4 amide bonds. The molecule has 0 aromatic rings. The van der Waals surface area contributed by atoms with Crippen molar-refractivity contribution >= 4 is 23.6 Å². The van der Waals surface area contributed by atoms with E-state index >= 15 is 0 Å². The molecule has 45 heavy (non-hydrogen) atoms. The van der Waals surface area contributed by atoms with Gasteiger partial charge in [-0.15, -0.1) is 6.58 Å². The first-order valence-electron chi connectivity index (χ1n) is 18.2. The summed E-state index contributed by atoms with van der Waals surface area (Å²) in [4.78, 5) is 54.9. The SMILES string of the molecule is C=C(C)CC(C=CC1CC(=O)N(CCCCCCCCCCCN)C1=O)C1CC(=O)N(CCCCCCCCCCCN)C1=O. The van der Waals surface area contributed by atoms with Gasteiger partial charge in [-0.3, -0.25) is 29.0 Å². The van der Waals surface area contributed by atoms with Gasteiger partial charge >= 0.3 is 0 Å². The van der Waals surface area contributed by atoms with Crippen LogP contribution < -0.4 is 11.5 Å². The first kappa shape index (κ1) is 38.9. The molecule has 256 valence electrons. The maximum atomic E-state index is 13.4. The fourth-order valence-corrected chi connectivity index (χ4v) is 6.70. The van der Waals surface area contributed by atoms with Crippen molar-refractivity contribution in [2.24, 2.45) is 29.2 Å². The van der Waals surface area contributed by atoms with Crippen LogP contribution in [-0.2, 0) is 19.2 Å². The molecule has 0 spiro atoms. The quantitative estimate of drug-likeness (QED) is 0.0584. The molecule has 0 aliphatic carbocycles. The summed E-state index contributed by atoms with van der Waals surface area (Å²) in [5.74, 6) is -1.62. The lowest BCUT2D eigenvalue weighted by atomic mass is 9.85.